The first-order valence-corrected chi connectivity index (χ1v) is 12.5. The molecule has 188 valence electrons. The Labute approximate surface area is 217 Å². The van der Waals surface area contributed by atoms with Crippen LogP contribution in [0.5, 0.6) is 5.88 Å². The van der Waals surface area contributed by atoms with Gasteiger partial charge in [0.1, 0.15) is 34.6 Å². The summed E-state index contributed by atoms with van der Waals surface area (Å²) < 4.78 is 21.8. The maximum absolute atomic E-state index is 12.1. The van der Waals surface area contributed by atoms with E-state index in [0.29, 0.717) is 46.4 Å². The van der Waals surface area contributed by atoms with Crippen LogP contribution in [-0.2, 0) is 16.1 Å². The number of rotatable bonds is 7. The van der Waals surface area contributed by atoms with Crippen molar-refractivity contribution in [1.82, 2.24) is 9.97 Å². The van der Waals surface area contributed by atoms with Gasteiger partial charge in [-0.2, -0.15) is 5.26 Å². The molecule has 0 bridgehead atoms. The summed E-state index contributed by atoms with van der Waals surface area (Å²) in [6.07, 6.45) is 1.34. The fourth-order valence-electron chi connectivity index (χ4n) is 4.16. The Hall–Kier alpha value is -4.20. The van der Waals surface area contributed by atoms with Crippen molar-refractivity contribution < 1.29 is 23.4 Å². The first kappa shape index (κ1) is 24.5. The lowest BCUT2D eigenvalue weighted by Crippen LogP contribution is -2.36. The molecule has 0 N–H and O–H groups in total. The van der Waals surface area contributed by atoms with Crippen molar-refractivity contribution in [2.24, 2.45) is 0 Å². The molecule has 1 aromatic carbocycles. The molecule has 4 aromatic rings. The summed E-state index contributed by atoms with van der Waals surface area (Å²) >= 11 is 1.27. The predicted molar refractivity (Wildman–Crippen MR) is 138 cm³/mol. The van der Waals surface area contributed by atoms with Gasteiger partial charge in [-0.25, -0.2) is 14.8 Å². The smallest absolute Gasteiger partial charge is 0.348 e. The number of aromatic nitrogens is 2. The number of morpholine rings is 1. The van der Waals surface area contributed by atoms with Crippen molar-refractivity contribution in [2.75, 3.05) is 38.3 Å². The SMILES string of the molecule is COC(=O)c1sccc1COc1nc(-c2ccc(N3CCOCC3)cc2)cc(-c2ncoc2C)c1C#N. The van der Waals surface area contributed by atoms with Crippen LogP contribution in [0.15, 0.2) is 52.6 Å². The zero-order valence-corrected chi connectivity index (χ0v) is 21.2. The lowest BCUT2D eigenvalue weighted by Gasteiger charge is -2.28. The van der Waals surface area contributed by atoms with Gasteiger partial charge in [-0.15, -0.1) is 11.3 Å². The third kappa shape index (κ3) is 5.05. The molecule has 1 aliphatic heterocycles. The summed E-state index contributed by atoms with van der Waals surface area (Å²) in [5.74, 6) is 0.292. The molecule has 0 unspecified atom stereocenters. The Balaban J connectivity index is 1.53. The van der Waals surface area contributed by atoms with Gasteiger partial charge in [0.25, 0.3) is 0 Å². The molecule has 1 aliphatic rings. The second-order valence-electron chi connectivity index (χ2n) is 8.31. The average molecular weight is 517 g/mol. The fraction of sp³-hybridized carbons (Fsp3) is 0.259. The van der Waals surface area contributed by atoms with Crippen LogP contribution in [0.1, 0.15) is 26.6 Å². The van der Waals surface area contributed by atoms with Gasteiger partial charge in [0.05, 0.1) is 26.0 Å². The summed E-state index contributed by atoms with van der Waals surface area (Å²) in [4.78, 5) is 23.8. The van der Waals surface area contributed by atoms with E-state index < -0.39 is 5.97 Å². The molecule has 4 heterocycles. The number of nitrogens with zero attached hydrogens (tertiary/aromatic N) is 4. The number of methoxy groups -OCH3 is 1. The van der Waals surface area contributed by atoms with Crippen LogP contribution in [0.4, 0.5) is 5.69 Å². The van der Waals surface area contributed by atoms with Crippen molar-refractivity contribution in [2.45, 2.75) is 13.5 Å². The second kappa shape index (κ2) is 10.8. The highest BCUT2D eigenvalue weighted by Crippen LogP contribution is 2.35. The number of esters is 1. The molecule has 0 saturated carbocycles. The predicted octanol–water partition coefficient (Wildman–Crippen LogP) is 4.85. The van der Waals surface area contributed by atoms with Gasteiger partial charge in [0, 0.05) is 35.5 Å². The van der Waals surface area contributed by atoms with E-state index in [2.05, 4.69) is 28.1 Å². The van der Waals surface area contributed by atoms with Crippen molar-refractivity contribution in [3.05, 3.63) is 69.9 Å². The van der Waals surface area contributed by atoms with E-state index in [-0.39, 0.29) is 18.1 Å². The molecule has 3 aromatic heterocycles. The molecule has 0 atom stereocenters. The van der Waals surface area contributed by atoms with Gasteiger partial charge in [0.2, 0.25) is 5.88 Å². The molecule has 5 rings (SSSR count). The van der Waals surface area contributed by atoms with Crippen molar-refractivity contribution in [3.63, 3.8) is 0 Å². The number of oxazole rings is 1. The zero-order valence-electron chi connectivity index (χ0n) is 20.4. The maximum atomic E-state index is 12.1. The summed E-state index contributed by atoms with van der Waals surface area (Å²) in [6, 6.07) is 13.9. The summed E-state index contributed by atoms with van der Waals surface area (Å²) in [5, 5.41) is 11.8. The van der Waals surface area contributed by atoms with Crippen molar-refractivity contribution >= 4 is 23.0 Å². The van der Waals surface area contributed by atoms with Crippen LogP contribution in [0.25, 0.3) is 22.5 Å². The third-order valence-electron chi connectivity index (χ3n) is 6.12. The number of nitriles is 1. The standard InChI is InChI=1S/C27H24N4O5S/c1-17-24(29-16-36-17)21-13-23(18-3-5-20(6-4-18)31-8-10-34-11-9-31)30-26(22(21)14-28)35-15-19-7-12-37-25(19)27(32)33-2/h3-7,12-13,16H,8-11,15H2,1-2H3. The largest absolute Gasteiger partial charge is 0.472 e. The van der Waals surface area contributed by atoms with E-state index in [4.69, 9.17) is 23.6 Å². The van der Waals surface area contributed by atoms with Gasteiger partial charge >= 0.3 is 5.97 Å². The minimum Gasteiger partial charge on any atom is -0.472 e. The first-order chi connectivity index (χ1) is 18.1. The number of benzene rings is 1. The van der Waals surface area contributed by atoms with Crippen LogP contribution in [-0.4, -0.2) is 49.4 Å². The number of carbonyl (C=O) groups is 1. The van der Waals surface area contributed by atoms with Gasteiger partial charge in [-0.3, -0.25) is 0 Å². The molecule has 0 spiro atoms. The molecule has 0 radical (unpaired) electrons. The molecule has 1 fully saturated rings. The number of pyridine rings is 1. The Bertz CT molecular complexity index is 1450. The molecule has 10 heteroatoms. The highest BCUT2D eigenvalue weighted by molar-refractivity contribution is 7.12. The molecule has 37 heavy (non-hydrogen) atoms. The maximum Gasteiger partial charge on any atom is 0.348 e. The van der Waals surface area contributed by atoms with Gasteiger partial charge in [0.15, 0.2) is 6.39 Å². The molecule has 9 nitrogen and oxygen atoms in total. The number of ether oxygens (including phenoxy) is 3. The van der Waals surface area contributed by atoms with Crippen LogP contribution in [0.3, 0.4) is 0 Å². The highest BCUT2D eigenvalue weighted by Gasteiger charge is 2.22. The lowest BCUT2D eigenvalue weighted by molar-refractivity contribution is 0.0603. The molecular weight excluding hydrogens is 492 g/mol. The summed E-state index contributed by atoms with van der Waals surface area (Å²) in [7, 11) is 1.34. The number of thiophene rings is 1. The van der Waals surface area contributed by atoms with Crippen LogP contribution in [0.2, 0.25) is 0 Å². The van der Waals surface area contributed by atoms with E-state index in [1.54, 1.807) is 18.4 Å². The fourth-order valence-corrected chi connectivity index (χ4v) is 4.99. The molecule has 0 amide bonds. The summed E-state index contributed by atoms with van der Waals surface area (Å²) in [5.41, 5.74) is 4.59. The van der Waals surface area contributed by atoms with Gasteiger partial charge in [-0.05, 0) is 36.6 Å². The molecular formula is C27H24N4O5S. The highest BCUT2D eigenvalue weighted by atomic mass is 32.1. The Morgan fingerprint density at radius 3 is 2.68 bits per heavy atom. The minimum absolute atomic E-state index is 0.0479. The Morgan fingerprint density at radius 1 is 1.22 bits per heavy atom. The quantitative estimate of drug-likeness (QED) is 0.318. The van der Waals surface area contributed by atoms with Crippen LogP contribution < -0.4 is 9.64 Å². The monoisotopic (exact) mass is 516 g/mol. The molecule has 0 aliphatic carbocycles. The van der Waals surface area contributed by atoms with Crippen LogP contribution in [0, 0.1) is 18.3 Å². The number of hydrogen-bond donors (Lipinski definition) is 0. The third-order valence-corrected chi connectivity index (χ3v) is 7.06. The normalized spacial score (nSPS) is 13.3. The minimum atomic E-state index is -0.435. The van der Waals surface area contributed by atoms with Crippen molar-refractivity contribution in [1.29, 1.82) is 5.26 Å². The number of anilines is 1. The van der Waals surface area contributed by atoms with E-state index in [9.17, 15) is 10.1 Å². The van der Waals surface area contributed by atoms with Crippen LogP contribution >= 0.6 is 11.3 Å². The number of carbonyl (C=O) groups excluding carboxylic acids is 1. The Morgan fingerprint density at radius 2 is 2.00 bits per heavy atom. The first-order valence-electron chi connectivity index (χ1n) is 11.6. The van der Waals surface area contributed by atoms with E-state index in [0.717, 1.165) is 24.3 Å². The van der Waals surface area contributed by atoms with Crippen molar-refractivity contribution in [3.8, 4) is 34.5 Å². The topological polar surface area (TPSA) is 111 Å². The van der Waals surface area contributed by atoms with Gasteiger partial charge < -0.3 is 23.5 Å². The number of aryl methyl sites for hydroxylation is 1. The van der Waals surface area contributed by atoms with E-state index >= 15 is 0 Å². The van der Waals surface area contributed by atoms with E-state index in [1.807, 2.05) is 18.2 Å². The second-order valence-corrected chi connectivity index (χ2v) is 9.22. The van der Waals surface area contributed by atoms with Gasteiger partial charge in [-0.1, -0.05) is 12.1 Å². The summed E-state index contributed by atoms with van der Waals surface area (Å²) in [6.45, 7) is 4.95. The van der Waals surface area contributed by atoms with E-state index in [1.165, 1.54) is 24.8 Å². The lowest BCUT2D eigenvalue weighted by atomic mass is 10.0. The average Bonchev–Trinajstić information content (AvgIpc) is 3.60. The Kier molecular flexibility index (Phi) is 7.16. The zero-order chi connectivity index (χ0) is 25.8. The number of hydrogen-bond acceptors (Lipinski definition) is 10. The molecule has 1 saturated heterocycles.